The maximum absolute atomic E-state index is 13.0. The Labute approximate surface area is 184 Å². The molecule has 0 aliphatic heterocycles. The first-order valence-corrected chi connectivity index (χ1v) is 11.2. The van der Waals surface area contributed by atoms with Gasteiger partial charge in [-0.25, -0.2) is 22.6 Å². The van der Waals surface area contributed by atoms with Crippen LogP contribution in [0.1, 0.15) is 12.5 Å². The molecule has 0 saturated carbocycles. The molecule has 0 unspecified atom stereocenters. The third-order valence-electron chi connectivity index (χ3n) is 4.78. The van der Waals surface area contributed by atoms with E-state index in [1.807, 2.05) is 0 Å². The number of aromatic nitrogens is 4. The quantitative estimate of drug-likeness (QED) is 0.438. The second kappa shape index (κ2) is 7.75. The predicted octanol–water partition coefficient (Wildman–Crippen LogP) is 4.01. The van der Waals surface area contributed by atoms with Crippen LogP contribution in [-0.4, -0.2) is 33.3 Å². The van der Waals surface area contributed by atoms with Crippen LogP contribution >= 0.6 is 11.6 Å². The second-order valence-corrected chi connectivity index (χ2v) is 9.47. The fourth-order valence-electron chi connectivity index (χ4n) is 3.07. The maximum Gasteiger partial charge on any atom is 0.416 e. The highest BCUT2D eigenvalue weighted by atomic mass is 35.5. The zero-order valence-electron chi connectivity index (χ0n) is 16.3. The van der Waals surface area contributed by atoms with Crippen molar-refractivity contribution in [2.45, 2.75) is 18.0 Å². The van der Waals surface area contributed by atoms with E-state index in [9.17, 15) is 26.4 Å². The Morgan fingerprint density at radius 1 is 1.06 bits per heavy atom. The van der Waals surface area contributed by atoms with Crippen LogP contribution in [0.3, 0.4) is 0 Å². The van der Waals surface area contributed by atoms with Crippen LogP contribution in [0.25, 0.3) is 22.6 Å². The van der Waals surface area contributed by atoms with Gasteiger partial charge in [0.05, 0.1) is 11.3 Å². The minimum Gasteiger partial charge on any atom is -0.250 e. The van der Waals surface area contributed by atoms with E-state index < -0.39 is 27.3 Å². The first-order valence-electron chi connectivity index (χ1n) is 9.19. The van der Waals surface area contributed by atoms with Crippen molar-refractivity contribution in [3.05, 3.63) is 75.9 Å². The van der Waals surface area contributed by atoms with Gasteiger partial charge in [0.2, 0.25) is 0 Å². The molecule has 12 heteroatoms. The molecule has 166 valence electrons. The maximum atomic E-state index is 13.0. The Morgan fingerprint density at radius 2 is 1.75 bits per heavy atom. The molecule has 0 amide bonds. The molecular formula is C20H14ClF3N4O3S. The van der Waals surface area contributed by atoms with Crippen LogP contribution in [0.2, 0.25) is 5.02 Å². The van der Waals surface area contributed by atoms with Gasteiger partial charge in [-0.2, -0.15) is 17.9 Å². The lowest BCUT2D eigenvalue weighted by molar-refractivity contribution is -0.137. The summed E-state index contributed by atoms with van der Waals surface area (Å²) in [6.07, 6.45) is -2.35. The molecule has 1 aromatic carbocycles. The summed E-state index contributed by atoms with van der Waals surface area (Å²) < 4.78 is 66.2. The van der Waals surface area contributed by atoms with E-state index in [-0.39, 0.29) is 22.1 Å². The van der Waals surface area contributed by atoms with Crippen molar-refractivity contribution >= 4 is 27.1 Å². The highest BCUT2D eigenvalue weighted by molar-refractivity contribution is 7.91. The van der Waals surface area contributed by atoms with Crippen molar-refractivity contribution in [2.75, 3.05) is 5.75 Å². The van der Waals surface area contributed by atoms with E-state index in [1.165, 1.54) is 19.2 Å². The van der Waals surface area contributed by atoms with E-state index in [1.54, 1.807) is 24.3 Å². The summed E-state index contributed by atoms with van der Waals surface area (Å²) in [6.45, 7) is 1.43. The van der Waals surface area contributed by atoms with E-state index in [4.69, 9.17) is 11.6 Å². The molecule has 0 bridgehead atoms. The monoisotopic (exact) mass is 482 g/mol. The van der Waals surface area contributed by atoms with Gasteiger partial charge < -0.3 is 0 Å². The smallest absolute Gasteiger partial charge is 0.250 e. The van der Waals surface area contributed by atoms with Crippen molar-refractivity contribution in [2.24, 2.45) is 0 Å². The summed E-state index contributed by atoms with van der Waals surface area (Å²) in [5, 5.41) is 4.40. The SMILES string of the molecule is CCS(=O)(=O)c1cc(-c2ccc(Cl)cc2)cnc1-n1nc2cc(C(F)(F)F)ccn2c1=O. The standard InChI is InChI=1S/C20H14ClF3N4O3S/c1-2-32(30,31)16-9-13(12-3-5-15(21)6-4-12)11-25-18(16)28-19(29)27-8-7-14(20(22,23)24)10-17(27)26-28/h3-11H,2H2,1H3. The van der Waals surface area contributed by atoms with Gasteiger partial charge in [-0.3, -0.25) is 0 Å². The first-order chi connectivity index (χ1) is 15.0. The van der Waals surface area contributed by atoms with Gasteiger partial charge in [0.25, 0.3) is 0 Å². The number of benzene rings is 1. The predicted molar refractivity (Wildman–Crippen MR) is 112 cm³/mol. The van der Waals surface area contributed by atoms with Gasteiger partial charge in [0.15, 0.2) is 21.3 Å². The van der Waals surface area contributed by atoms with Gasteiger partial charge >= 0.3 is 11.9 Å². The molecular weight excluding hydrogens is 469 g/mol. The van der Waals surface area contributed by atoms with Crippen LogP contribution in [-0.2, 0) is 16.0 Å². The van der Waals surface area contributed by atoms with E-state index in [0.29, 0.717) is 26.9 Å². The van der Waals surface area contributed by atoms with Crippen LogP contribution in [0, 0.1) is 0 Å². The van der Waals surface area contributed by atoms with Crippen LogP contribution in [0.15, 0.2) is 64.5 Å². The number of halogens is 4. The Morgan fingerprint density at radius 3 is 2.38 bits per heavy atom. The molecule has 7 nitrogen and oxygen atoms in total. The summed E-state index contributed by atoms with van der Waals surface area (Å²) >= 11 is 5.90. The highest BCUT2D eigenvalue weighted by Gasteiger charge is 2.31. The number of hydrogen-bond donors (Lipinski definition) is 0. The van der Waals surface area contributed by atoms with E-state index in [2.05, 4.69) is 10.1 Å². The zero-order chi connectivity index (χ0) is 23.3. The number of pyridine rings is 2. The number of fused-ring (bicyclic) bond motifs is 1. The molecule has 3 aromatic heterocycles. The van der Waals surface area contributed by atoms with Gasteiger partial charge in [-0.05, 0) is 35.9 Å². The van der Waals surface area contributed by atoms with Crippen LogP contribution in [0.4, 0.5) is 13.2 Å². The summed E-state index contributed by atoms with van der Waals surface area (Å²) in [5.74, 6) is -0.585. The highest BCUT2D eigenvalue weighted by Crippen LogP contribution is 2.30. The second-order valence-electron chi connectivity index (χ2n) is 6.79. The lowest BCUT2D eigenvalue weighted by atomic mass is 10.1. The third kappa shape index (κ3) is 3.89. The van der Waals surface area contributed by atoms with Gasteiger partial charge in [-0.15, -0.1) is 5.10 Å². The summed E-state index contributed by atoms with van der Waals surface area (Å²) in [5.41, 5.74) is -1.05. The Kier molecular flexibility index (Phi) is 5.33. The Bertz CT molecular complexity index is 1490. The minimum absolute atomic E-state index is 0.269. The number of sulfone groups is 1. The van der Waals surface area contributed by atoms with Crippen LogP contribution < -0.4 is 5.69 Å². The normalized spacial score (nSPS) is 12.4. The largest absolute Gasteiger partial charge is 0.416 e. The first kappa shape index (κ1) is 22.0. The Hall–Kier alpha value is -3.18. The summed E-state index contributed by atoms with van der Waals surface area (Å²) in [6, 6.07) is 9.40. The summed E-state index contributed by atoms with van der Waals surface area (Å²) in [4.78, 5) is 16.7. The molecule has 32 heavy (non-hydrogen) atoms. The van der Waals surface area contributed by atoms with Crippen molar-refractivity contribution in [3.8, 4) is 16.9 Å². The fraction of sp³-hybridized carbons (Fsp3) is 0.150. The average Bonchev–Trinajstić information content (AvgIpc) is 3.09. The topological polar surface area (TPSA) is 86.3 Å². The molecule has 0 fully saturated rings. The van der Waals surface area contributed by atoms with E-state index >= 15 is 0 Å². The molecule has 0 radical (unpaired) electrons. The van der Waals surface area contributed by atoms with Crippen molar-refractivity contribution in [3.63, 3.8) is 0 Å². The Balaban J connectivity index is 1.95. The van der Waals surface area contributed by atoms with Gasteiger partial charge in [0, 0.05) is 23.0 Å². The number of rotatable bonds is 4. The molecule has 4 rings (SSSR count). The molecule has 4 aromatic rings. The van der Waals surface area contributed by atoms with Crippen molar-refractivity contribution in [1.82, 2.24) is 19.2 Å². The third-order valence-corrected chi connectivity index (χ3v) is 6.76. The molecule has 0 atom stereocenters. The lowest BCUT2D eigenvalue weighted by Gasteiger charge is -2.10. The number of alkyl halides is 3. The fourth-order valence-corrected chi connectivity index (χ4v) is 4.23. The van der Waals surface area contributed by atoms with Gasteiger partial charge in [0.1, 0.15) is 4.90 Å². The molecule has 3 heterocycles. The van der Waals surface area contributed by atoms with Crippen molar-refractivity contribution < 1.29 is 21.6 Å². The number of hydrogen-bond acceptors (Lipinski definition) is 5. The molecule has 0 saturated heterocycles. The van der Waals surface area contributed by atoms with Crippen LogP contribution in [0.5, 0.6) is 0 Å². The van der Waals surface area contributed by atoms with Crippen molar-refractivity contribution in [1.29, 1.82) is 0 Å². The zero-order valence-corrected chi connectivity index (χ0v) is 17.9. The lowest BCUT2D eigenvalue weighted by Crippen LogP contribution is -2.23. The minimum atomic E-state index is -4.63. The van der Waals surface area contributed by atoms with E-state index in [0.717, 1.165) is 16.7 Å². The molecule has 0 aliphatic rings. The number of nitrogens with zero attached hydrogens (tertiary/aromatic N) is 4. The molecule has 0 N–H and O–H groups in total. The molecule has 0 spiro atoms. The average molecular weight is 483 g/mol. The molecule has 0 aliphatic carbocycles. The summed E-state index contributed by atoms with van der Waals surface area (Å²) in [7, 11) is -3.88. The van der Waals surface area contributed by atoms with Gasteiger partial charge in [-0.1, -0.05) is 30.7 Å².